The summed E-state index contributed by atoms with van der Waals surface area (Å²) in [6.45, 7) is 4.58. The SMILES string of the molecule is Cc1nn(C)c(C)c1N1C(=O)c2c(-c3ccco3)nc3ccc(S(=O)(=O)N4CCOCC4)cc3c2C1=O. The summed E-state index contributed by atoms with van der Waals surface area (Å²) in [5.74, 6) is -0.812. The summed E-state index contributed by atoms with van der Waals surface area (Å²) in [6.07, 6.45) is 1.46. The minimum Gasteiger partial charge on any atom is -0.463 e. The van der Waals surface area contributed by atoms with Crippen molar-refractivity contribution in [2.45, 2.75) is 18.7 Å². The highest BCUT2D eigenvalue weighted by atomic mass is 32.2. The van der Waals surface area contributed by atoms with E-state index in [0.29, 0.717) is 41.6 Å². The standard InChI is InChI=1S/C25H23N5O6S/c1-14-23(15(2)28(3)27-14)30-24(31)20-17-13-16(37(33,34)29-8-11-35-12-9-29)6-7-18(17)26-22(21(20)25(30)32)19-5-4-10-36-19/h4-7,10,13H,8-9,11-12H2,1-3H3. The average Bonchev–Trinajstić information content (AvgIpc) is 3.58. The molecule has 5 heterocycles. The van der Waals surface area contributed by atoms with Crippen LogP contribution >= 0.6 is 0 Å². The molecule has 1 aromatic carbocycles. The molecule has 4 aromatic rings. The molecule has 0 bridgehead atoms. The van der Waals surface area contributed by atoms with E-state index in [1.165, 1.54) is 22.7 Å². The van der Waals surface area contributed by atoms with Crippen LogP contribution in [0.4, 0.5) is 5.69 Å². The molecule has 0 unspecified atom stereocenters. The highest BCUT2D eigenvalue weighted by molar-refractivity contribution is 7.89. The number of nitrogens with zero attached hydrogens (tertiary/aromatic N) is 5. The first-order valence-corrected chi connectivity index (χ1v) is 13.1. The number of imide groups is 1. The van der Waals surface area contributed by atoms with Crippen molar-refractivity contribution < 1.29 is 27.2 Å². The van der Waals surface area contributed by atoms with Gasteiger partial charge in [-0.1, -0.05) is 0 Å². The molecule has 0 aliphatic carbocycles. The summed E-state index contributed by atoms with van der Waals surface area (Å²) in [5.41, 5.74) is 2.29. The van der Waals surface area contributed by atoms with E-state index in [9.17, 15) is 18.0 Å². The third-order valence-electron chi connectivity index (χ3n) is 6.85. The van der Waals surface area contributed by atoms with Crippen LogP contribution in [0.15, 0.2) is 45.9 Å². The van der Waals surface area contributed by atoms with Crippen LogP contribution in [-0.2, 0) is 21.8 Å². The Balaban J connectivity index is 1.60. The van der Waals surface area contributed by atoms with E-state index in [2.05, 4.69) is 10.1 Å². The van der Waals surface area contributed by atoms with Crippen molar-refractivity contribution in [3.8, 4) is 11.5 Å². The summed E-state index contributed by atoms with van der Waals surface area (Å²) >= 11 is 0. The number of ether oxygens (including phenoxy) is 1. The molecule has 37 heavy (non-hydrogen) atoms. The minimum atomic E-state index is -3.85. The van der Waals surface area contributed by atoms with Gasteiger partial charge in [0.05, 0.1) is 58.1 Å². The second-order valence-corrected chi connectivity index (χ2v) is 10.9. The van der Waals surface area contributed by atoms with Crippen LogP contribution in [0.1, 0.15) is 32.1 Å². The monoisotopic (exact) mass is 521 g/mol. The number of anilines is 1. The first kappa shape index (κ1) is 23.5. The summed E-state index contributed by atoms with van der Waals surface area (Å²) < 4.78 is 40.5. The maximum absolute atomic E-state index is 14.0. The van der Waals surface area contributed by atoms with Crippen molar-refractivity contribution in [2.75, 3.05) is 31.2 Å². The fourth-order valence-electron chi connectivity index (χ4n) is 4.97. The summed E-state index contributed by atoms with van der Waals surface area (Å²) in [5, 5.41) is 4.64. The molecular formula is C25H23N5O6S. The summed E-state index contributed by atoms with van der Waals surface area (Å²) in [4.78, 5) is 33.6. The molecule has 190 valence electrons. The number of amides is 2. The molecule has 6 rings (SSSR count). The fourth-order valence-corrected chi connectivity index (χ4v) is 6.40. The van der Waals surface area contributed by atoms with Gasteiger partial charge in [0.15, 0.2) is 5.76 Å². The molecular weight excluding hydrogens is 498 g/mol. The van der Waals surface area contributed by atoms with Crippen molar-refractivity contribution in [1.29, 1.82) is 0 Å². The number of carbonyl (C=O) groups is 2. The first-order chi connectivity index (χ1) is 17.7. The predicted octanol–water partition coefficient (Wildman–Crippen LogP) is 2.67. The number of pyridine rings is 1. The molecule has 1 saturated heterocycles. The Morgan fingerprint density at radius 1 is 1.00 bits per heavy atom. The van der Waals surface area contributed by atoms with E-state index < -0.39 is 21.8 Å². The Morgan fingerprint density at radius 3 is 2.38 bits per heavy atom. The van der Waals surface area contributed by atoms with Gasteiger partial charge < -0.3 is 9.15 Å². The maximum Gasteiger partial charge on any atom is 0.268 e. The largest absolute Gasteiger partial charge is 0.463 e. The smallest absolute Gasteiger partial charge is 0.268 e. The third kappa shape index (κ3) is 3.44. The van der Waals surface area contributed by atoms with Gasteiger partial charge in [0.1, 0.15) is 5.69 Å². The lowest BCUT2D eigenvalue weighted by molar-refractivity contribution is 0.0730. The van der Waals surface area contributed by atoms with Crippen molar-refractivity contribution >= 4 is 38.4 Å². The van der Waals surface area contributed by atoms with E-state index in [0.717, 1.165) is 4.90 Å². The highest BCUT2D eigenvalue weighted by Gasteiger charge is 2.44. The number of morpholine rings is 1. The number of aryl methyl sites for hydroxylation is 2. The van der Waals surface area contributed by atoms with Crippen LogP contribution in [-0.4, -0.2) is 65.6 Å². The van der Waals surface area contributed by atoms with Gasteiger partial charge in [-0.2, -0.15) is 9.40 Å². The molecule has 2 aliphatic heterocycles. The van der Waals surface area contributed by atoms with Crippen molar-refractivity contribution in [2.24, 2.45) is 7.05 Å². The second kappa shape index (κ2) is 8.33. The van der Waals surface area contributed by atoms with Gasteiger partial charge >= 0.3 is 0 Å². The lowest BCUT2D eigenvalue weighted by Gasteiger charge is -2.26. The normalized spacial score (nSPS) is 16.7. The molecule has 11 nitrogen and oxygen atoms in total. The Bertz CT molecular complexity index is 1700. The molecule has 1 fully saturated rings. The first-order valence-electron chi connectivity index (χ1n) is 11.7. The van der Waals surface area contributed by atoms with Crippen molar-refractivity contribution in [3.63, 3.8) is 0 Å². The molecule has 12 heteroatoms. The number of hydrogen-bond acceptors (Lipinski definition) is 8. The van der Waals surface area contributed by atoms with Gasteiger partial charge in [-0.3, -0.25) is 14.3 Å². The number of furan rings is 1. The zero-order valence-electron chi connectivity index (χ0n) is 20.4. The molecule has 0 radical (unpaired) electrons. The third-order valence-corrected chi connectivity index (χ3v) is 8.74. The molecule has 0 N–H and O–H groups in total. The van der Waals surface area contributed by atoms with Crippen LogP contribution in [0.3, 0.4) is 0 Å². The molecule has 0 saturated carbocycles. The molecule has 0 atom stereocenters. The Morgan fingerprint density at radius 2 is 1.73 bits per heavy atom. The Labute approximate surface area is 212 Å². The number of aromatic nitrogens is 3. The number of sulfonamides is 1. The van der Waals surface area contributed by atoms with Gasteiger partial charge in [-0.05, 0) is 44.2 Å². The summed E-state index contributed by atoms with van der Waals surface area (Å²) in [7, 11) is -2.11. The van der Waals surface area contributed by atoms with Gasteiger partial charge in [-0.25, -0.2) is 18.3 Å². The van der Waals surface area contributed by atoms with E-state index in [4.69, 9.17) is 9.15 Å². The Kier molecular flexibility index (Phi) is 5.30. The van der Waals surface area contributed by atoms with Crippen molar-refractivity contribution in [1.82, 2.24) is 19.1 Å². The van der Waals surface area contributed by atoms with Gasteiger partial charge in [0.2, 0.25) is 10.0 Å². The average molecular weight is 522 g/mol. The number of fused-ring (bicyclic) bond motifs is 3. The lowest BCUT2D eigenvalue weighted by Crippen LogP contribution is -2.40. The topological polar surface area (TPSA) is 128 Å². The summed E-state index contributed by atoms with van der Waals surface area (Å²) in [6, 6.07) is 7.77. The van der Waals surface area contributed by atoms with Crippen LogP contribution in [0, 0.1) is 13.8 Å². The Hall–Kier alpha value is -3.87. The quantitative estimate of drug-likeness (QED) is 0.375. The number of hydrogen-bond donors (Lipinski definition) is 0. The molecule has 2 aliphatic rings. The van der Waals surface area contributed by atoms with Crippen LogP contribution < -0.4 is 4.90 Å². The number of carbonyl (C=O) groups excluding carboxylic acids is 2. The zero-order chi connectivity index (χ0) is 26.1. The lowest BCUT2D eigenvalue weighted by atomic mass is 10.0. The highest BCUT2D eigenvalue weighted by Crippen LogP contribution is 2.40. The van der Waals surface area contributed by atoms with Crippen LogP contribution in [0.2, 0.25) is 0 Å². The maximum atomic E-state index is 14.0. The van der Waals surface area contributed by atoms with E-state index in [1.54, 1.807) is 43.8 Å². The van der Waals surface area contributed by atoms with E-state index >= 15 is 0 Å². The minimum absolute atomic E-state index is 0.0177. The predicted molar refractivity (Wildman–Crippen MR) is 133 cm³/mol. The van der Waals surface area contributed by atoms with Crippen LogP contribution in [0.5, 0.6) is 0 Å². The fraction of sp³-hybridized carbons (Fsp3) is 0.280. The van der Waals surface area contributed by atoms with Gasteiger partial charge in [0, 0.05) is 25.5 Å². The molecule has 3 aromatic heterocycles. The van der Waals surface area contributed by atoms with E-state index in [-0.39, 0.29) is 40.2 Å². The molecule has 0 spiro atoms. The van der Waals surface area contributed by atoms with Gasteiger partial charge in [-0.15, -0.1) is 0 Å². The number of benzene rings is 1. The second-order valence-electron chi connectivity index (χ2n) is 8.97. The van der Waals surface area contributed by atoms with Crippen molar-refractivity contribution in [3.05, 3.63) is 59.1 Å². The number of rotatable bonds is 4. The van der Waals surface area contributed by atoms with Gasteiger partial charge in [0.25, 0.3) is 11.8 Å². The molecule has 2 amide bonds. The van der Waals surface area contributed by atoms with Crippen LogP contribution in [0.25, 0.3) is 22.4 Å². The zero-order valence-corrected chi connectivity index (χ0v) is 21.2. The van der Waals surface area contributed by atoms with E-state index in [1.807, 2.05) is 0 Å².